The molecule has 25 heavy (non-hydrogen) atoms. The van der Waals surface area contributed by atoms with Gasteiger partial charge in [0.05, 0.1) is 16.0 Å². The Kier molecular flexibility index (Phi) is 5.67. The van der Waals surface area contributed by atoms with Crippen molar-refractivity contribution in [1.82, 2.24) is 4.98 Å². The molecule has 0 aliphatic rings. The fourth-order valence-corrected chi connectivity index (χ4v) is 4.03. The van der Waals surface area contributed by atoms with E-state index in [2.05, 4.69) is 15.6 Å². The molecular weight excluding hydrogens is 354 g/mol. The summed E-state index contributed by atoms with van der Waals surface area (Å²) in [6.07, 6.45) is 0.412. The fourth-order valence-electron chi connectivity index (χ4n) is 2.16. The van der Waals surface area contributed by atoms with Gasteiger partial charge in [0, 0.05) is 17.8 Å². The molecule has 0 aliphatic carbocycles. The lowest BCUT2D eigenvalue weighted by Crippen LogP contribution is -2.14. The minimum absolute atomic E-state index is 0.0603. The van der Waals surface area contributed by atoms with Crippen LogP contribution in [0, 0.1) is 0 Å². The molecule has 2 aromatic carbocycles. The minimum Gasteiger partial charge on any atom is -0.326 e. The van der Waals surface area contributed by atoms with E-state index in [1.807, 2.05) is 24.3 Å². The molecule has 0 spiro atoms. The first-order valence-electron chi connectivity index (χ1n) is 7.82. The van der Waals surface area contributed by atoms with Gasteiger partial charge in [0.25, 0.3) is 0 Å². The third-order valence-electron chi connectivity index (χ3n) is 3.35. The second-order valence-corrected chi connectivity index (χ2v) is 7.52. The third kappa shape index (κ3) is 4.80. The summed E-state index contributed by atoms with van der Waals surface area (Å²) in [5, 5.41) is 5.62. The highest BCUT2D eigenvalue weighted by Crippen LogP contribution is 2.29. The molecule has 2 N–H and O–H groups in total. The number of fused-ring (bicyclic) bond motifs is 1. The van der Waals surface area contributed by atoms with Crippen LogP contribution in [0.5, 0.6) is 0 Å². The Morgan fingerprint density at radius 1 is 1.04 bits per heavy atom. The second-order valence-electron chi connectivity index (χ2n) is 5.27. The van der Waals surface area contributed by atoms with E-state index >= 15 is 0 Å². The van der Waals surface area contributed by atoms with E-state index in [-0.39, 0.29) is 17.6 Å². The smallest absolute Gasteiger partial charge is 0.234 e. The Morgan fingerprint density at radius 2 is 1.76 bits per heavy atom. The standard InChI is InChI=1S/C18H17N3O2S2/c1-2-16(22)19-12-6-5-7-13(10-12)20-17(23)11-24-18-21-14-8-3-4-9-15(14)25-18/h3-10H,2,11H2,1H3,(H,19,22)(H,20,23). The third-order valence-corrected chi connectivity index (χ3v) is 5.53. The molecule has 0 aliphatic heterocycles. The summed E-state index contributed by atoms with van der Waals surface area (Å²) in [6, 6.07) is 15.0. The summed E-state index contributed by atoms with van der Waals surface area (Å²) in [6.45, 7) is 1.79. The van der Waals surface area contributed by atoms with Crippen LogP contribution in [-0.4, -0.2) is 22.6 Å². The summed E-state index contributed by atoms with van der Waals surface area (Å²) in [4.78, 5) is 28.1. The van der Waals surface area contributed by atoms with Gasteiger partial charge < -0.3 is 10.6 Å². The normalized spacial score (nSPS) is 10.6. The van der Waals surface area contributed by atoms with Gasteiger partial charge in [-0.3, -0.25) is 9.59 Å². The summed E-state index contributed by atoms with van der Waals surface area (Å²) in [7, 11) is 0. The van der Waals surface area contributed by atoms with Gasteiger partial charge >= 0.3 is 0 Å². The summed E-state index contributed by atoms with van der Waals surface area (Å²) < 4.78 is 1.99. The monoisotopic (exact) mass is 371 g/mol. The SMILES string of the molecule is CCC(=O)Nc1cccc(NC(=O)CSc2nc3ccccc3s2)c1. The van der Waals surface area contributed by atoms with Gasteiger partial charge in [0.2, 0.25) is 11.8 Å². The number of anilines is 2. The maximum absolute atomic E-state index is 12.1. The van der Waals surface area contributed by atoms with Gasteiger partial charge in [0.15, 0.2) is 4.34 Å². The molecule has 5 nitrogen and oxygen atoms in total. The van der Waals surface area contributed by atoms with Crippen LogP contribution in [0.2, 0.25) is 0 Å². The molecule has 3 aromatic rings. The highest BCUT2D eigenvalue weighted by molar-refractivity contribution is 8.01. The zero-order valence-electron chi connectivity index (χ0n) is 13.6. The molecular formula is C18H17N3O2S2. The molecule has 0 saturated heterocycles. The first-order chi connectivity index (χ1) is 12.1. The first kappa shape index (κ1) is 17.4. The van der Waals surface area contributed by atoms with E-state index < -0.39 is 0 Å². The number of nitrogens with one attached hydrogen (secondary N) is 2. The van der Waals surface area contributed by atoms with Crippen LogP contribution in [0.3, 0.4) is 0 Å². The number of aromatic nitrogens is 1. The number of amides is 2. The Labute approximate surface area is 153 Å². The number of para-hydroxylation sites is 1. The van der Waals surface area contributed by atoms with Gasteiger partial charge in [-0.05, 0) is 30.3 Å². The van der Waals surface area contributed by atoms with Crippen molar-refractivity contribution in [2.45, 2.75) is 17.7 Å². The molecule has 0 fully saturated rings. The van der Waals surface area contributed by atoms with E-state index in [0.29, 0.717) is 17.8 Å². The quantitative estimate of drug-likeness (QED) is 0.631. The average molecular weight is 371 g/mol. The number of benzene rings is 2. The van der Waals surface area contributed by atoms with Crippen molar-refractivity contribution in [1.29, 1.82) is 0 Å². The number of carbonyl (C=O) groups excluding carboxylic acids is 2. The molecule has 0 saturated carbocycles. The highest BCUT2D eigenvalue weighted by Gasteiger charge is 2.08. The van der Waals surface area contributed by atoms with Gasteiger partial charge in [-0.2, -0.15) is 0 Å². The number of rotatable bonds is 6. The van der Waals surface area contributed by atoms with Crippen LogP contribution in [0.15, 0.2) is 52.9 Å². The van der Waals surface area contributed by atoms with E-state index in [1.54, 1.807) is 42.5 Å². The van der Waals surface area contributed by atoms with Crippen LogP contribution in [-0.2, 0) is 9.59 Å². The Balaban J connectivity index is 1.57. The maximum atomic E-state index is 12.1. The van der Waals surface area contributed by atoms with Crippen molar-refractivity contribution in [3.05, 3.63) is 48.5 Å². The number of carbonyl (C=O) groups is 2. The first-order valence-corrected chi connectivity index (χ1v) is 9.62. The number of hydrogen-bond donors (Lipinski definition) is 2. The molecule has 0 radical (unpaired) electrons. The zero-order valence-corrected chi connectivity index (χ0v) is 15.2. The van der Waals surface area contributed by atoms with Crippen molar-refractivity contribution in [3.63, 3.8) is 0 Å². The Morgan fingerprint density at radius 3 is 2.48 bits per heavy atom. The summed E-state index contributed by atoms with van der Waals surface area (Å²) in [5.41, 5.74) is 2.28. The predicted molar refractivity (Wildman–Crippen MR) is 104 cm³/mol. The van der Waals surface area contributed by atoms with Crippen LogP contribution in [0.4, 0.5) is 11.4 Å². The van der Waals surface area contributed by atoms with Crippen LogP contribution in [0.25, 0.3) is 10.2 Å². The number of hydrogen-bond acceptors (Lipinski definition) is 5. The lowest BCUT2D eigenvalue weighted by Gasteiger charge is -2.08. The molecule has 128 valence electrons. The number of thioether (sulfide) groups is 1. The molecule has 1 heterocycles. The van der Waals surface area contributed by atoms with Crippen LogP contribution < -0.4 is 10.6 Å². The Hall–Kier alpha value is -2.38. The maximum Gasteiger partial charge on any atom is 0.234 e. The average Bonchev–Trinajstić information content (AvgIpc) is 3.03. The van der Waals surface area contributed by atoms with Crippen LogP contribution >= 0.6 is 23.1 Å². The van der Waals surface area contributed by atoms with Crippen LogP contribution in [0.1, 0.15) is 13.3 Å². The molecule has 2 amide bonds. The minimum atomic E-state index is -0.108. The van der Waals surface area contributed by atoms with Gasteiger partial charge in [0.1, 0.15) is 0 Å². The van der Waals surface area contributed by atoms with Crippen molar-refractivity contribution >= 4 is 56.5 Å². The van der Waals surface area contributed by atoms with E-state index in [1.165, 1.54) is 11.8 Å². The van der Waals surface area contributed by atoms with E-state index in [9.17, 15) is 9.59 Å². The van der Waals surface area contributed by atoms with E-state index in [4.69, 9.17) is 0 Å². The molecule has 0 bridgehead atoms. The number of nitrogens with zero attached hydrogens (tertiary/aromatic N) is 1. The van der Waals surface area contributed by atoms with Gasteiger partial charge in [-0.1, -0.05) is 36.9 Å². The lowest BCUT2D eigenvalue weighted by atomic mass is 10.2. The van der Waals surface area contributed by atoms with Crippen molar-refractivity contribution in [2.75, 3.05) is 16.4 Å². The molecule has 0 unspecified atom stereocenters. The Bertz CT molecular complexity index is 875. The summed E-state index contributed by atoms with van der Waals surface area (Å²) >= 11 is 3.00. The molecule has 3 rings (SSSR count). The molecule has 0 atom stereocenters. The van der Waals surface area contributed by atoms with Crippen molar-refractivity contribution < 1.29 is 9.59 Å². The summed E-state index contributed by atoms with van der Waals surface area (Å²) in [5.74, 6) is 0.115. The second kappa shape index (κ2) is 8.13. The lowest BCUT2D eigenvalue weighted by molar-refractivity contribution is -0.116. The molecule has 7 heteroatoms. The zero-order chi connectivity index (χ0) is 17.6. The molecule has 1 aromatic heterocycles. The predicted octanol–water partition coefficient (Wildman–Crippen LogP) is 4.38. The fraction of sp³-hybridized carbons (Fsp3) is 0.167. The van der Waals surface area contributed by atoms with Gasteiger partial charge in [-0.15, -0.1) is 11.3 Å². The van der Waals surface area contributed by atoms with Crippen molar-refractivity contribution in [3.8, 4) is 0 Å². The topological polar surface area (TPSA) is 71.1 Å². The van der Waals surface area contributed by atoms with Crippen molar-refractivity contribution in [2.24, 2.45) is 0 Å². The number of thiazole rings is 1. The highest BCUT2D eigenvalue weighted by atomic mass is 32.2. The van der Waals surface area contributed by atoms with Gasteiger partial charge in [-0.25, -0.2) is 4.98 Å². The largest absolute Gasteiger partial charge is 0.326 e. The van der Waals surface area contributed by atoms with E-state index in [0.717, 1.165) is 14.6 Å².